The first-order valence-corrected chi connectivity index (χ1v) is 6.82. The second-order valence-electron chi connectivity index (χ2n) is 4.59. The van der Waals surface area contributed by atoms with Crippen molar-refractivity contribution in [3.8, 4) is 5.75 Å². The van der Waals surface area contributed by atoms with Gasteiger partial charge in [-0.15, -0.1) is 0 Å². The number of aromatic nitrogens is 2. The van der Waals surface area contributed by atoms with Gasteiger partial charge in [0.2, 0.25) is 5.78 Å². The maximum atomic E-state index is 12.7. The molecule has 1 aromatic heterocycles. The molecule has 2 aromatic rings. The highest BCUT2D eigenvalue weighted by molar-refractivity contribution is 6.35. The summed E-state index contributed by atoms with van der Waals surface area (Å²) >= 11 is 11.9. The molecule has 0 spiro atoms. The van der Waals surface area contributed by atoms with Crippen LogP contribution in [0.5, 0.6) is 5.75 Å². The molecule has 0 radical (unpaired) electrons. The van der Waals surface area contributed by atoms with E-state index in [2.05, 4.69) is 5.10 Å². The van der Waals surface area contributed by atoms with Crippen molar-refractivity contribution in [3.05, 3.63) is 45.7 Å². The predicted molar refractivity (Wildman–Crippen MR) is 79.1 cm³/mol. The Morgan fingerprint density at radius 2 is 1.85 bits per heavy atom. The second-order valence-corrected chi connectivity index (χ2v) is 5.46. The fraction of sp³-hybridized carbons (Fsp3) is 0.286. The zero-order chi connectivity index (χ0) is 14.9. The molecular formula is C14H14Cl2N2O2. The highest BCUT2D eigenvalue weighted by Crippen LogP contribution is 2.27. The molecule has 0 amide bonds. The molecule has 0 aliphatic carbocycles. The fourth-order valence-electron chi connectivity index (χ4n) is 1.92. The average Bonchev–Trinajstić information content (AvgIpc) is 2.80. The van der Waals surface area contributed by atoms with Crippen LogP contribution in [-0.2, 0) is 0 Å². The van der Waals surface area contributed by atoms with E-state index >= 15 is 0 Å². The lowest BCUT2D eigenvalue weighted by molar-refractivity contribution is 0.102. The quantitative estimate of drug-likeness (QED) is 0.801. The van der Waals surface area contributed by atoms with E-state index in [1.165, 1.54) is 13.3 Å². The van der Waals surface area contributed by atoms with E-state index in [0.29, 0.717) is 27.1 Å². The molecule has 1 aromatic carbocycles. The van der Waals surface area contributed by atoms with Gasteiger partial charge in [-0.3, -0.25) is 9.48 Å². The van der Waals surface area contributed by atoms with Crippen molar-refractivity contribution in [2.75, 3.05) is 7.11 Å². The highest BCUT2D eigenvalue weighted by atomic mass is 35.5. The molecule has 0 saturated heterocycles. The van der Waals surface area contributed by atoms with Gasteiger partial charge in [-0.25, -0.2) is 0 Å². The Morgan fingerprint density at radius 1 is 1.25 bits per heavy atom. The minimum atomic E-state index is -0.225. The Bertz CT molecular complexity index is 630. The Labute approximate surface area is 127 Å². The zero-order valence-electron chi connectivity index (χ0n) is 11.4. The molecular weight excluding hydrogens is 299 g/mol. The van der Waals surface area contributed by atoms with Crippen molar-refractivity contribution in [2.45, 2.75) is 19.9 Å². The number of carbonyl (C=O) groups excluding carboxylic acids is 1. The number of carbonyl (C=O) groups is 1. The van der Waals surface area contributed by atoms with Crippen molar-refractivity contribution >= 4 is 29.0 Å². The van der Waals surface area contributed by atoms with Crippen LogP contribution >= 0.6 is 23.2 Å². The Balaban J connectivity index is 2.55. The van der Waals surface area contributed by atoms with Gasteiger partial charge in [0, 0.05) is 21.7 Å². The summed E-state index contributed by atoms with van der Waals surface area (Å²) in [5.41, 5.74) is 0.795. The van der Waals surface area contributed by atoms with Crippen LogP contribution < -0.4 is 4.74 Å². The lowest BCUT2D eigenvalue weighted by Gasteiger charge is -2.11. The van der Waals surface area contributed by atoms with Crippen molar-refractivity contribution in [3.63, 3.8) is 0 Å². The van der Waals surface area contributed by atoms with Gasteiger partial charge in [-0.2, -0.15) is 5.10 Å². The lowest BCUT2D eigenvalue weighted by Crippen LogP contribution is -2.14. The smallest absolute Gasteiger partial charge is 0.214 e. The van der Waals surface area contributed by atoms with Gasteiger partial charge in [0.05, 0.1) is 13.3 Å². The van der Waals surface area contributed by atoms with Crippen LogP contribution in [0.15, 0.2) is 24.4 Å². The van der Waals surface area contributed by atoms with Crippen LogP contribution in [0.2, 0.25) is 10.0 Å². The van der Waals surface area contributed by atoms with Gasteiger partial charge in [0.1, 0.15) is 0 Å². The molecule has 0 fully saturated rings. The highest BCUT2D eigenvalue weighted by Gasteiger charge is 2.22. The average molecular weight is 313 g/mol. The molecule has 20 heavy (non-hydrogen) atoms. The van der Waals surface area contributed by atoms with Crippen molar-refractivity contribution < 1.29 is 9.53 Å². The summed E-state index contributed by atoms with van der Waals surface area (Å²) in [6.45, 7) is 3.88. The number of hydrogen-bond acceptors (Lipinski definition) is 3. The van der Waals surface area contributed by atoms with Crippen LogP contribution in [0.1, 0.15) is 35.9 Å². The third kappa shape index (κ3) is 2.81. The summed E-state index contributed by atoms with van der Waals surface area (Å²) in [6, 6.07) is 4.77. The van der Waals surface area contributed by atoms with Gasteiger partial charge < -0.3 is 4.74 Å². The van der Waals surface area contributed by atoms with Gasteiger partial charge in [0.15, 0.2) is 11.4 Å². The number of benzene rings is 1. The molecule has 0 saturated carbocycles. The van der Waals surface area contributed by atoms with E-state index < -0.39 is 0 Å². The summed E-state index contributed by atoms with van der Waals surface area (Å²) in [5, 5.41) is 5.01. The lowest BCUT2D eigenvalue weighted by atomic mass is 10.1. The van der Waals surface area contributed by atoms with Crippen LogP contribution in [0.4, 0.5) is 0 Å². The summed E-state index contributed by atoms with van der Waals surface area (Å²) in [6.07, 6.45) is 1.53. The number of rotatable bonds is 4. The first-order chi connectivity index (χ1) is 9.43. The first kappa shape index (κ1) is 14.9. The molecule has 6 heteroatoms. The summed E-state index contributed by atoms with van der Waals surface area (Å²) < 4.78 is 6.83. The number of halogens is 2. The fourth-order valence-corrected chi connectivity index (χ4v) is 2.45. The molecule has 0 N–H and O–H groups in total. The Hall–Kier alpha value is -1.52. The maximum Gasteiger partial charge on any atom is 0.214 e. The summed E-state index contributed by atoms with van der Waals surface area (Å²) in [5.74, 6) is 0.206. The number of ether oxygens (including phenoxy) is 1. The van der Waals surface area contributed by atoms with Gasteiger partial charge in [0.25, 0.3) is 0 Å². The predicted octanol–water partition coefficient (Wildman–Crippen LogP) is 4.01. The van der Waals surface area contributed by atoms with Gasteiger partial charge in [-0.05, 0) is 32.0 Å². The van der Waals surface area contributed by atoms with Crippen LogP contribution in [-0.4, -0.2) is 22.7 Å². The number of methoxy groups -OCH3 is 1. The minimum absolute atomic E-state index is 0.0347. The molecule has 0 unspecified atom stereocenters. The van der Waals surface area contributed by atoms with Gasteiger partial charge >= 0.3 is 0 Å². The standard InChI is InChI=1S/C14H14Cl2N2O2/c1-8(2)18-13(12(20-3)7-17-18)14(19)9-4-10(15)6-11(16)5-9/h4-8H,1-3H3. The van der Waals surface area contributed by atoms with E-state index in [4.69, 9.17) is 27.9 Å². The molecule has 4 nitrogen and oxygen atoms in total. The molecule has 2 rings (SSSR count). The molecule has 0 atom stereocenters. The van der Waals surface area contributed by atoms with E-state index in [1.54, 1.807) is 22.9 Å². The normalized spacial score (nSPS) is 10.9. The summed E-state index contributed by atoms with van der Waals surface area (Å²) in [4.78, 5) is 12.7. The number of ketones is 1. The van der Waals surface area contributed by atoms with Crippen LogP contribution in [0.3, 0.4) is 0 Å². The van der Waals surface area contributed by atoms with E-state index in [9.17, 15) is 4.79 Å². The Morgan fingerprint density at radius 3 is 2.35 bits per heavy atom. The largest absolute Gasteiger partial charge is 0.493 e. The number of hydrogen-bond donors (Lipinski definition) is 0. The van der Waals surface area contributed by atoms with Crippen LogP contribution in [0, 0.1) is 0 Å². The summed E-state index contributed by atoms with van der Waals surface area (Å²) in [7, 11) is 1.50. The number of nitrogens with zero attached hydrogens (tertiary/aromatic N) is 2. The van der Waals surface area contributed by atoms with Crippen molar-refractivity contribution in [1.29, 1.82) is 0 Å². The molecule has 106 valence electrons. The van der Waals surface area contributed by atoms with Crippen molar-refractivity contribution in [1.82, 2.24) is 9.78 Å². The molecule has 0 aliphatic rings. The van der Waals surface area contributed by atoms with E-state index in [1.807, 2.05) is 13.8 Å². The van der Waals surface area contributed by atoms with Crippen molar-refractivity contribution in [2.24, 2.45) is 0 Å². The molecule has 1 heterocycles. The monoisotopic (exact) mass is 312 g/mol. The van der Waals surface area contributed by atoms with Gasteiger partial charge in [-0.1, -0.05) is 23.2 Å². The third-order valence-corrected chi connectivity index (χ3v) is 3.25. The van der Waals surface area contributed by atoms with E-state index in [0.717, 1.165) is 0 Å². The molecule has 0 aliphatic heterocycles. The third-order valence-electron chi connectivity index (χ3n) is 2.81. The van der Waals surface area contributed by atoms with Crippen LogP contribution in [0.25, 0.3) is 0 Å². The van der Waals surface area contributed by atoms with E-state index in [-0.39, 0.29) is 11.8 Å². The minimum Gasteiger partial charge on any atom is -0.493 e. The zero-order valence-corrected chi connectivity index (χ0v) is 12.9. The maximum absolute atomic E-state index is 12.7. The topological polar surface area (TPSA) is 44.1 Å². The first-order valence-electron chi connectivity index (χ1n) is 6.06. The SMILES string of the molecule is COc1cnn(C(C)C)c1C(=O)c1cc(Cl)cc(Cl)c1. The molecule has 0 bridgehead atoms. The Kier molecular flexibility index (Phi) is 4.35. The second kappa shape index (κ2) is 5.85.